The van der Waals surface area contributed by atoms with Crippen LogP contribution in [0.15, 0.2) is 0 Å². The van der Waals surface area contributed by atoms with Crippen LogP contribution in [0, 0.1) is 17.3 Å². The number of rotatable bonds is 3. The van der Waals surface area contributed by atoms with Gasteiger partial charge in [-0.2, -0.15) is 0 Å². The Balaban J connectivity index is 1.48. The van der Waals surface area contributed by atoms with E-state index < -0.39 is 0 Å². The molecular weight excluding hydrogens is 172 g/mol. The molecule has 0 aromatic heterocycles. The van der Waals surface area contributed by atoms with E-state index in [0.717, 1.165) is 17.9 Å². The van der Waals surface area contributed by atoms with Crippen molar-refractivity contribution in [3.05, 3.63) is 0 Å². The van der Waals surface area contributed by atoms with Gasteiger partial charge in [-0.25, -0.2) is 0 Å². The van der Waals surface area contributed by atoms with E-state index in [4.69, 9.17) is 0 Å². The highest BCUT2D eigenvalue weighted by molar-refractivity contribution is 5.04. The van der Waals surface area contributed by atoms with Crippen molar-refractivity contribution in [1.82, 2.24) is 10.2 Å². The average molecular weight is 194 g/mol. The molecule has 3 aliphatic heterocycles. The summed E-state index contributed by atoms with van der Waals surface area (Å²) in [5.41, 5.74) is 0.649. The summed E-state index contributed by atoms with van der Waals surface area (Å²) in [6, 6.07) is 0.883. The highest BCUT2D eigenvalue weighted by Crippen LogP contribution is 2.42. The second kappa shape index (κ2) is 2.96. The van der Waals surface area contributed by atoms with E-state index in [0.29, 0.717) is 5.41 Å². The van der Waals surface area contributed by atoms with Crippen LogP contribution in [0.4, 0.5) is 0 Å². The van der Waals surface area contributed by atoms with Crippen LogP contribution in [0.5, 0.6) is 0 Å². The SMILES string of the molecule is CCC1(C)CN(CC2C3CNC2C3)C1. The summed E-state index contributed by atoms with van der Waals surface area (Å²) in [5, 5.41) is 3.61. The monoisotopic (exact) mass is 194 g/mol. The first-order valence-electron chi connectivity index (χ1n) is 6.16. The van der Waals surface area contributed by atoms with Gasteiger partial charge in [0.25, 0.3) is 0 Å². The number of likely N-dealkylation sites (tertiary alicyclic amines) is 1. The summed E-state index contributed by atoms with van der Waals surface area (Å²) < 4.78 is 0. The van der Waals surface area contributed by atoms with Gasteiger partial charge in [0.1, 0.15) is 0 Å². The van der Waals surface area contributed by atoms with Gasteiger partial charge in [-0.05, 0) is 36.6 Å². The summed E-state index contributed by atoms with van der Waals surface area (Å²) in [7, 11) is 0. The van der Waals surface area contributed by atoms with Crippen molar-refractivity contribution in [2.24, 2.45) is 17.3 Å². The lowest BCUT2D eigenvalue weighted by atomic mass is 9.71. The van der Waals surface area contributed by atoms with Gasteiger partial charge in [0, 0.05) is 25.7 Å². The van der Waals surface area contributed by atoms with Crippen LogP contribution in [0.25, 0.3) is 0 Å². The van der Waals surface area contributed by atoms with E-state index in [1.54, 1.807) is 0 Å². The Labute approximate surface area is 87.0 Å². The lowest BCUT2D eigenvalue weighted by Crippen LogP contribution is -2.58. The Morgan fingerprint density at radius 2 is 2.21 bits per heavy atom. The molecule has 0 aromatic rings. The Morgan fingerprint density at radius 1 is 1.43 bits per heavy atom. The van der Waals surface area contributed by atoms with Gasteiger partial charge < -0.3 is 10.2 Å². The molecule has 3 unspecified atom stereocenters. The van der Waals surface area contributed by atoms with Crippen molar-refractivity contribution in [3.8, 4) is 0 Å². The molecule has 2 bridgehead atoms. The fraction of sp³-hybridized carbons (Fsp3) is 1.00. The van der Waals surface area contributed by atoms with Crippen molar-refractivity contribution in [3.63, 3.8) is 0 Å². The second-order valence-corrected chi connectivity index (χ2v) is 6.01. The number of hydrogen-bond donors (Lipinski definition) is 1. The summed E-state index contributed by atoms with van der Waals surface area (Å²) in [4.78, 5) is 2.67. The van der Waals surface area contributed by atoms with Gasteiger partial charge in [0.2, 0.25) is 0 Å². The molecule has 14 heavy (non-hydrogen) atoms. The lowest BCUT2D eigenvalue weighted by Gasteiger charge is -2.51. The Kier molecular flexibility index (Phi) is 1.94. The van der Waals surface area contributed by atoms with Crippen LogP contribution < -0.4 is 5.32 Å². The van der Waals surface area contributed by atoms with E-state index in [1.165, 1.54) is 39.0 Å². The topological polar surface area (TPSA) is 15.3 Å². The number of fused-ring (bicyclic) bond motifs is 1. The van der Waals surface area contributed by atoms with Gasteiger partial charge >= 0.3 is 0 Å². The quantitative estimate of drug-likeness (QED) is 0.729. The van der Waals surface area contributed by atoms with Crippen LogP contribution in [0.2, 0.25) is 0 Å². The first kappa shape index (κ1) is 9.17. The molecule has 1 aliphatic carbocycles. The van der Waals surface area contributed by atoms with Gasteiger partial charge in [0.05, 0.1) is 0 Å². The molecule has 3 heterocycles. The van der Waals surface area contributed by atoms with Gasteiger partial charge in [-0.3, -0.25) is 0 Å². The molecule has 0 aromatic carbocycles. The summed E-state index contributed by atoms with van der Waals surface area (Å²) in [6.07, 6.45) is 2.81. The van der Waals surface area contributed by atoms with Crippen molar-refractivity contribution < 1.29 is 0 Å². The largest absolute Gasteiger partial charge is 0.313 e. The lowest BCUT2D eigenvalue weighted by molar-refractivity contribution is -0.0166. The fourth-order valence-electron chi connectivity index (χ4n) is 3.54. The van der Waals surface area contributed by atoms with Crippen molar-refractivity contribution in [2.45, 2.75) is 32.7 Å². The number of nitrogens with zero attached hydrogens (tertiary/aromatic N) is 1. The van der Waals surface area contributed by atoms with Crippen molar-refractivity contribution >= 4 is 0 Å². The highest BCUT2D eigenvalue weighted by Gasteiger charge is 2.49. The molecule has 1 saturated carbocycles. The molecule has 2 heteroatoms. The molecular formula is C12H22N2. The summed E-state index contributed by atoms with van der Waals surface area (Å²) in [5.74, 6) is 2.02. The molecule has 0 amide bonds. The van der Waals surface area contributed by atoms with E-state index in [9.17, 15) is 0 Å². The first-order valence-corrected chi connectivity index (χ1v) is 6.16. The molecule has 4 fully saturated rings. The van der Waals surface area contributed by atoms with E-state index >= 15 is 0 Å². The van der Waals surface area contributed by atoms with Crippen LogP contribution in [0.1, 0.15) is 26.7 Å². The molecule has 0 radical (unpaired) electrons. The fourth-order valence-corrected chi connectivity index (χ4v) is 3.54. The Bertz CT molecular complexity index is 218. The minimum atomic E-state index is 0.649. The second-order valence-electron chi connectivity index (χ2n) is 6.01. The predicted molar refractivity (Wildman–Crippen MR) is 58.2 cm³/mol. The zero-order valence-corrected chi connectivity index (χ0v) is 9.42. The maximum atomic E-state index is 3.61. The average Bonchev–Trinajstić information content (AvgIpc) is 2.70. The highest BCUT2D eigenvalue weighted by atomic mass is 15.2. The van der Waals surface area contributed by atoms with E-state index in [1.807, 2.05) is 0 Å². The zero-order chi connectivity index (χ0) is 9.76. The third-order valence-corrected chi connectivity index (χ3v) is 4.85. The molecule has 2 nitrogen and oxygen atoms in total. The number of hydrogen-bond acceptors (Lipinski definition) is 2. The molecule has 4 rings (SSSR count). The molecule has 1 N–H and O–H groups in total. The molecule has 3 saturated heterocycles. The van der Waals surface area contributed by atoms with Gasteiger partial charge in [0.15, 0.2) is 0 Å². The van der Waals surface area contributed by atoms with Crippen LogP contribution in [0.3, 0.4) is 0 Å². The van der Waals surface area contributed by atoms with Crippen LogP contribution in [-0.4, -0.2) is 37.1 Å². The summed E-state index contributed by atoms with van der Waals surface area (Å²) in [6.45, 7) is 10.1. The van der Waals surface area contributed by atoms with Crippen molar-refractivity contribution in [1.29, 1.82) is 0 Å². The van der Waals surface area contributed by atoms with Crippen LogP contribution in [-0.2, 0) is 0 Å². The molecule has 3 atom stereocenters. The summed E-state index contributed by atoms with van der Waals surface area (Å²) >= 11 is 0. The Morgan fingerprint density at radius 3 is 2.71 bits per heavy atom. The molecule has 80 valence electrons. The third-order valence-electron chi connectivity index (χ3n) is 4.85. The van der Waals surface area contributed by atoms with Crippen molar-refractivity contribution in [2.75, 3.05) is 26.2 Å². The number of nitrogens with one attached hydrogen (secondary N) is 1. The third kappa shape index (κ3) is 1.24. The zero-order valence-electron chi connectivity index (χ0n) is 9.42. The Hall–Kier alpha value is -0.0800. The predicted octanol–water partition coefficient (Wildman–Crippen LogP) is 1.33. The molecule has 0 spiro atoms. The van der Waals surface area contributed by atoms with E-state index in [-0.39, 0.29) is 0 Å². The van der Waals surface area contributed by atoms with Crippen LogP contribution >= 0.6 is 0 Å². The first-order chi connectivity index (χ1) is 6.70. The van der Waals surface area contributed by atoms with E-state index in [2.05, 4.69) is 24.1 Å². The van der Waals surface area contributed by atoms with Gasteiger partial charge in [-0.1, -0.05) is 13.8 Å². The standard InChI is InChI=1S/C12H22N2/c1-3-12(2)7-14(8-12)6-10-9-4-11(10)13-5-9/h9-11,13H,3-8H2,1-2H3. The minimum absolute atomic E-state index is 0.649. The van der Waals surface area contributed by atoms with Gasteiger partial charge in [-0.15, -0.1) is 0 Å². The smallest absolute Gasteiger partial charge is 0.0114 e. The molecule has 4 aliphatic rings. The normalized spacial score (nSPS) is 44.6. The minimum Gasteiger partial charge on any atom is -0.313 e. The maximum Gasteiger partial charge on any atom is 0.0114 e. The maximum absolute atomic E-state index is 3.61.